The van der Waals surface area contributed by atoms with Gasteiger partial charge in [0, 0.05) is 0 Å². The van der Waals surface area contributed by atoms with Gasteiger partial charge in [-0.05, 0) is 30.0 Å². The van der Waals surface area contributed by atoms with Gasteiger partial charge in [0.05, 0.1) is 24.3 Å². The summed E-state index contributed by atoms with van der Waals surface area (Å²) in [4.78, 5) is 24.5. The highest BCUT2D eigenvalue weighted by Crippen LogP contribution is 2.16. The molecule has 0 unspecified atom stereocenters. The van der Waals surface area contributed by atoms with E-state index in [2.05, 4.69) is 6.92 Å². The molecule has 0 spiro atoms. The van der Waals surface area contributed by atoms with Crippen molar-refractivity contribution in [2.75, 3.05) is 13.2 Å². The molecule has 0 aliphatic carbocycles. The number of carbonyl (C=O) groups excluding carboxylic acids is 2. The average Bonchev–Trinajstić information content (AvgIpc) is 2.79. The van der Waals surface area contributed by atoms with Crippen LogP contribution in [-0.4, -0.2) is 25.2 Å². The van der Waals surface area contributed by atoms with Gasteiger partial charge in [-0.25, -0.2) is 9.59 Å². The van der Waals surface area contributed by atoms with E-state index >= 15 is 0 Å². The summed E-state index contributed by atoms with van der Waals surface area (Å²) in [7, 11) is 0. The summed E-state index contributed by atoms with van der Waals surface area (Å²) >= 11 is 0. The van der Waals surface area contributed by atoms with E-state index in [0.29, 0.717) is 24.3 Å². The van der Waals surface area contributed by atoms with Crippen LogP contribution in [0, 0.1) is 5.41 Å². The Balaban J connectivity index is 2.07. The summed E-state index contributed by atoms with van der Waals surface area (Å²) in [6, 6.07) is 6.58. The van der Waals surface area contributed by atoms with Crippen molar-refractivity contribution in [1.82, 2.24) is 0 Å². The predicted molar refractivity (Wildman–Crippen MR) is 137 cm³/mol. The Labute approximate surface area is 202 Å². The molecule has 188 valence electrons. The molecule has 0 atom stereocenters. The van der Waals surface area contributed by atoms with Crippen LogP contribution in [0.15, 0.2) is 24.3 Å². The SMILES string of the molecule is CCCCCCCCCCCCCCCCOC(=O)c1cccc(C(=O)OCC(C)(C)C)c1. The number of hydrogen-bond acceptors (Lipinski definition) is 4. The monoisotopic (exact) mass is 460 g/mol. The van der Waals surface area contributed by atoms with Crippen molar-refractivity contribution in [2.24, 2.45) is 5.41 Å². The Morgan fingerprint density at radius 2 is 1.09 bits per heavy atom. The lowest BCUT2D eigenvalue weighted by Crippen LogP contribution is -2.18. The van der Waals surface area contributed by atoms with Gasteiger partial charge in [-0.1, -0.05) is 117 Å². The van der Waals surface area contributed by atoms with E-state index in [1.807, 2.05) is 20.8 Å². The molecule has 0 N–H and O–H groups in total. The molecule has 0 aliphatic heterocycles. The molecule has 0 amide bonds. The van der Waals surface area contributed by atoms with Gasteiger partial charge in [0.2, 0.25) is 0 Å². The standard InChI is InChI=1S/C29H48O4/c1-5-6-7-8-9-10-11-12-13-14-15-16-17-18-22-32-27(30)25-20-19-21-26(23-25)28(31)33-24-29(2,3)4/h19-21,23H,5-18,22,24H2,1-4H3. The van der Waals surface area contributed by atoms with Crippen molar-refractivity contribution in [1.29, 1.82) is 0 Å². The third-order valence-corrected chi connectivity index (χ3v) is 5.70. The minimum absolute atomic E-state index is 0.0975. The summed E-state index contributed by atoms with van der Waals surface area (Å²) in [6.07, 6.45) is 18.2. The van der Waals surface area contributed by atoms with Crippen LogP contribution in [0.3, 0.4) is 0 Å². The van der Waals surface area contributed by atoms with Crippen LogP contribution < -0.4 is 0 Å². The molecule has 4 heteroatoms. The van der Waals surface area contributed by atoms with Crippen molar-refractivity contribution in [2.45, 2.75) is 118 Å². The normalized spacial score (nSPS) is 11.4. The molecule has 0 fully saturated rings. The fraction of sp³-hybridized carbons (Fsp3) is 0.724. The van der Waals surface area contributed by atoms with Crippen LogP contribution in [0.5, 0.6) is 0 Å². The van der Waals surface area contributed by atoms with E-state index in [-0.39, 0.29) is 11.4 Å². The Hall–Kier alpha value is -1.84. The fourth-order valence-corrected chi connectivity index (χ4v) is 3.68. The maximum Gasteiger partial charge on any atom is 0.338 e. The smallest absolute Gasteiger partial charge is 0.338 e. The fourth-order valence-electron chi connectivity index (χ4n) is 3.68. The number of hydrogen-bond donors (Lipinski definition) is 0. The maximum absolute atomic E-state index is 12.3. The van der Waals surface area contributed by atoms with Gasteiger partial charge in [0.15, 0.2) is 0 Å². The lowest BCUT2D eigenvalue weighted by atomic mass is 9.99. The van der Waals surface area contributed by atoms with Crippen molar-refractivity contribution >= 4 is 11.9 Å². The molecule has 0 saturated carbocycles. The maximum atomic E-state index is 12.3. The minimum Gasteiger partial charge on any atom is -0.462 e. The third kappa shape index (κ3) is 15.6. The Morgan fingerprint density at radius 3 is 1.55 bits per heavy atom. The van der Waals surface area contributed by atoms with Crippen molar-refractivity contribution in [3.63, 3.8) is 0 Å². The molecule has 0 heterocycles. The van der Waals surface area contributed by atoms with E-state index < -0.39 is 5.97 Å². The van der Waals surface area contributed by atoms with Crippen LogP contribution in [0.4, 0.5) is 0 Å². The Bertz CT molecular complexity index is 660. The predicted octanol–water partition coefficient (Wildman–Crippen LogP) is 8.53. The molecular weight excluding hydrogens is 412 g/mol. The number of ether oxygens (including phenoxy) is 2. The second-order valence-corrected chi connectivity index (χ2v) is 10.4. The lowest BCUT2D eigenvalue weighted by molar-refractivity contribution is 0.0367. The van der Waals surface area contributed by atoms with E-state index in [0.717, 1.165) is 12.8 Å². The van der Waals surface area contributed by atoms with Gasteiger partial charge in [0.25, 0.3) is 0 Å². The molecule has 4 nitrogen and oxygen atoms in total. The largest absolute Gasteiger partial charge is 0.462 e. The molecule has 0 aromatic heterocycles. The first kappa shape index (κ1) is 29.2. The molecule has 0 aliphatic rings. The number of rotatable bonds is 18. The van der Waals surface area contributed by atoms with Crippen LogP contribution in [0.2, 0.25) is 0 Å². The van der Waals surface area contributed by atoms with Gasteiger partial charge in [0.1, 0.15) is 0 Å². The van der Waals surface area contributed by atoms with E-state index in [1.54, 1.807) is 24.3 Å². The second kappa shape index (κ2) is 17.6. The first-order valence-corrected chi connectivity index (χ1v) is 13.3. The lowest BCUT2D eigenvalue weighted by Gasteiger charge is -2.17. The first-order chi connectivity index (χ1) is 15.8. The van der Waals surface area contributed by atoms with Gasteiger partial charge < -0.3 is 9.47 Å². The van der Waals surface area contributed by atoms with Crippen molar-refractivity contribution in [3.8, 4) is 0 Å². The molecule has 0 radical (unpaired) electrons. The third-order valence-electron chi connectivity index (χ3n) is 5.70. The highest BCUT2D eigenvalue weighted by Gasteiger charge is 2.16. The number of unbranched alkanes of at least 4 members (excludes halogenated alkanes) is 13. The van der Waals surface area contributed by atoms with Crippen molar-refractivity contribution in [3.05, 3.63) is 35.4 Å². The minimum atomic E-state index is -0.411. The number of benzene rings is 1. The van der Waals surface area contributed by atoms with Crippen LogP contribution in [0.1, 0.15) is 138 Å². The van der Waals surface area contributed by atoms with Gasteiger partial charge in [-0.3, -0.25) is 0 Å². The summed E-state index contributed by atoms with van der Waals surface area (Å²) in [5, 5.41) is 0. The van der Waals surface area contributed by atoms with Crippen LogP contribution in [0.25, 0.3) is 0 Å². The Morgan fingerprint density at radius 1 is 0.667 bits per heavy atom. The zero-order valence-corrected chi connectivity index (χ0v) is 21.8. The molecule has 1 aromatic carbocycles. The van der Waals surface area contributed by atoms with E-state index in [9.17, 15) is 9.59 Å². The van der Waals surface area contributed by atoms with Gasteiger partial charge in [-0.2, -0.15) is 0 Å². The summed E-state index contributed by atoms with van der Waals surface area (Å²) < 4.78 is 10.7. The molecule has 1 rings (SSSR count). The molecule has 0 saturated heterocycles. The zero-order chi connectivity index (χ0) is 24.4. The highest BCUT2D eigenvalue weighted by molar-refractivity contribution is 5.95. The Kier molecular flexibility index (Phi) is 15.6. The van der Waals surface area contributed by atoms with Crippen LogP contribution >= 0.6 is 0 Å². The first-order valence-electron chi connectivity index (χ1n) is 13.3. The van der Waals surface area contributed by atoms with Gasteiger partial charge >= 0.3 is 11.9 Å². The van der Waals surface area contributed by atoms with E-state index in [1.165, 1.54) is 77.0 Å². The topological polar surface area (TPSA) is 52.6 Å². The molecule has 0 bridgehead atoms. The van der Waals surface area contributed by atoms with Crippen LogP contribution in [-0.2, 0) is 9.47 Å². The van der Waals surface area contributed by atoms with Gasteiger partial charge in [-0.15, -0.1) is 0 Å². The van der Waals surface area contributed by atoms with E-state index in [4.69, 9.17) is 9.47 Å². The number of esters is 2. The average molecular weight is 461 g/mol. The molecule has 1 aromatic rings. The highest BCUT2D eigenvalue weighted by atomic mass is 16.5. The summed E-state index contributed by atoms with van der Waals surface area (Å²) in [5.74, 6) is -0.790. The molecular formula is C29H48O4. The van der Waals surface area contributed by atoms with Crippen molar-refractivity contribution < 1.29 is 19.1 Å². The quantitative estimate of drug-likeness (QED) is 0.163. The summed E-state index contributed by atoms with van der Waals surface area (Å²) in [5.41, 5.74) is 0.676. The second-order valence-electron chi connectivity index (χ2n) is 10.4. The molecule has 33 heavy (non-hydrogen) atoms. The summed E-state index contributed by atoms with van der Waals surface area (Å²) in [6.45, 7) is 9.04. The zero-order valence-electron chi connectivity index (χ0n) is 21.8. The number of carbonyl (C=O) groups is 2.